The van der Waals surface area contributed by atoms with E-state index in [0.29, 0.717) is 6.54 Å². The average molecular weight is 262 g/mol. The highest BCUT2D eigenvalue weighted by Gasteiger charge is 2.21. The minimum Gasteiger partial charge on any atom is -0.497 e. The number of nitrogens with one attached hydrogen (secondary N) is 2. The number of benzene rings is 1. The Kier molecular flexibility index (Phi) is 4.80. The lowest BCUT2D eigenvalue weighted by atomic mass is 10.1. The van der Waals surface area contributed by atoms with E-state index in [1.54, 1.807) is 7.11 Å². The zero-order chi connectivity index (χ0) is 13.7. The fourth-order valence-electron chi connectivity index (χ4n) is 1.92. The molecule has 0 unspecified atom stereocenters. The van der Waals surface area contributed by atoms with E-state index in [9.17, 15) is 4.79 Å². The monoisotopic (exact) mass is 262 g/mol. The van der Waals surface area contributed by atoms with E-state index in [4.69, 9.17) is 4.74 Å². The molecule has 1 aromatic carbocycles. The zero-order valence-electron chi connectivity index (χ0n) is 11.6. The summed E-state index contributed by atoms with van der Waals surface area (Å²) in [4.78, 5) is 11.6. The van der Waals surface area contributed by atoms with Crippen LogP contribution in [0.2, 0.25) is 0 Å². The molecule has 0 aromatic heterocycles. The van der Waals surface area contributed by atoms with Gasteiger partial charge >= 0.3 is 0 Å². The molecule has 2 N–H and O–H groups in total. The predicted molar refractivity (Wildman–Crippen MR) is 75.1 cm³/mol. The average Bonchev–Trinajstić information content (AvgIpc) is 3.26. The van der Waals surface area contributed by atoms with Gasteiger partial charge in [0, 0.05) is 12.6 Å². The number of rotatable bonds is 7. The van der Waals surface area contributed by atoms with E-state index in [1.165, 1.54) is 12.8 Å². The van der Waals surface area contributed by atoms with Crippen LogP contribution in [-0.4, -0.2) is 26.1 Å². The Morgan fingerprint density at radius 1 is 1.47 bits per heavy atom. The molecule has 1 saturated carbocycles. The maximum absolute atomic E-state index is 11.6. The van der Waals surface area contributed by atoms with Gasteiger partial charge in [0.05, 0.1) is 13.7 Å². The van der Waals surface area contributed by atoms with Gasteiger partial charge < -0.3 is 15.4 Å². The molecule has 1 fully saturated rings. The lowest BCUT2D eigenvalue weighted by molar-refractivity contribution is -0.120. The third kappa shape index (κ3) is 4.56. The predicted octanol–water partition coefficient (Wildman–Crippen LogP) is 1.87. The number of methoxy groups -OCH3 is 1. The highest BCUT2D eigenvalue weighted by atomic mass is 16.5. The second-order valence-electron chi connectivity index (χ2n) is 5.13. The van der Waals surface area contributed by atoms with Crippen LogP contribution in [-0.2, 0) is 4.79 Å². The molecule has 0 heterocycles. The summed E-state index contributed by atoms with van der Waals surface area (Å²) >= 11 is 0. The maximum atomic E-state index is 11.6. The van der Waals surface area contributed by atoms with Crippen LogP contribution in [0.15, 0.2) is 24.3 Å². The lowest BCUT2D eigenvalue weighted by Gasteiger charge is -2.15. The Morgan fingerprint density at radius 2 is 2.26 bits per heavy atom. The van der Waals surface area contributed by atoms with Crippen LogP contribution in [0.5, 0.6) is 5.75 Å². The zero-order valence-corrected chi connectivity index (χ0v) is 11.6. The summed E-state index contributed by atoms with van der Waals surface area (Å²) in [6.45, 7) is 3.22. The van der Waals surface area contributed by atoms with Crippen molar-refractivity contribution in [2.75, 3.05) is 20.2 Å². The molecule has 1 amide bonds. The van der Waals surface area contributed by atoms with Crippen molar-refractivity contribution in [2.45, 2.75) is 25.8 Å². The maximum Gasteiger partial charge on any atom is 0.233 e. The van der Waals surface area contributed by atoms with Crippen LogP contribution in [0.25, 0.3) is 0 Å². The van der Waals surface area contributed by atoms with Crippen LogP contribution in [0.3, 0.4) is 0 Å². The molecule has 0 aliphatic heterocycles. The number of carbonyl (C=O) groups excluding carboxylic acids is 1. The smallest absolute Gasteiger partial charge is 0.233 e. The Morgan fingerprint density at radius 3 is 2.95 bits per heavy atom. The van der Waals surface area contributed by atoms with Gasteiger partial charge in [0.2, 0.25) is 5.91 Å². The van der Waals surface area contributed by atoms with Crippen molar-refractivity contribution >= 4 is 5.91 Å². The number of hydrogen-bond donors (Lipinski definition) is 2. The van der Waals surface area contributed by atoms with Gasteiger partial charge in [-0.15, -0.1) is 0 Å². The first-order chi connectivity index (χ1) is 9.19. The Labute approximate surface area is 114 Å². The van der Waals surface area contributed by atoms with E-state index >= 15 is 0 Å². The standard InChI is InChI=1S/C15H22N2O2/c1-11(13-4-3-5-14(8-13)19-2)16-10-15(18)17-9-12-6-7-12/h3-5,8,11-12,16H,6-7,9-10H2,1-2H3,(H,17,18)/t11-/m1/s1. The fraction of sp³-hybridized carbons (Fsp3) is 0.533. The van der Waals surface area contributed by atoms with Crippen molar-refractivity contribution in [1.29, 1.82) is 0 Å². The van der Waals surface area contributed by atoms with E-state index < -0.39 is 0 Å². The van der Waals surface area contributed by atoms with Gasteiger partial charge in [-0.3, -0.25) is 4.79 Å². The molecular formula is C15H22N2O2. The topological polar surface area (TPSA) is 50.4 Å². The minimum absolute atomic E-state index is 0.0710. The first kappa shape index (κ1) is 13.9. The molecule has 2 rings (SSSR count). The molecule has 19 heavy (non-hydrogen) atoms. The Bertz CT molecular complexity index is 430. The highest BCUT2D eigenvalue weighted by molar-refractivity contribution is 5.78. The van der Waals surface area contributed by atoms with Gasteiger partial charge in [0.1, 0.15) is 5.75 Å². The quantitative estimate of drug-likeness (QED) is 0.788. The molecule has 4 heteroatoms. The number of ether oxygens (including phenoxy) is 1. The van der Waals surface area contributed by atoms with Crippen molar-refractivity contribution in [2.24, 2.45) is 5.92 Å². The summed E-state index contributed by atoms with van der Waals surface area (Å²) in [5.74, 6) is 1.63. The van der Waals surface area contributed by atoms with Crippen molar-refractivity contribution in [3.05, 3.63) is 29.8 Å². The number of amides is 1. The summed E-state index contributed by atoms with van der Waals surface area (Å²) < 4.78 is 5.20. The summed E-state index contributed by atoms with van der Waals surface area (Å²) in [5.41, 5.74) is 1.12. The second-order valence-corrected chi connectivity index (χ2v) is 5.13. The highest BCUT2D eigenvalue weighted by Crippen LogP contribution is 2.27. The summed E-state index contributed by atoms with van der Waals surface area (Å²) in [5, 5.41) is 6.17. The molecule has 0 spiro atoms. The van der Waals surface area contributed by atoms with Gasteiger partial charge in [-0.25, -0.2) is 0 Å². The molecule has 1 aromatic rings. The minimum atomic E-state index is 0.0710. The second kappa shape index (κ2) is 6.57. The third-order valence-corrected chi connectivity index (χ3v) is 3.45. The Hall–Kier alpha value is -1.55. The third-order valence-electron chi connectivity index (χ3n) is 3.45. The lowest BCUT2D eigenvalue weighted by Crippen LogP contribution is -2.36. The van der Waals surface area contributed by atoms with E-state index in [0.717, 1.165) is 23.8 Å². The number of hydrogen-bond acceptors (Lipinski definition) is 3. The number of carbonyl (C=O) groups is 1. The molecule has 104 valence electrons. The van der Waals surface area contributed by atoms with Crippen LogP contribution < -0.4 is 15.4 Å². The first-order valence-electron chi connectivity index (χ1n) is 6.83. The van der Waals surface area contributed by atoms with Gasteiger partial charge in [0.25, 0.3) is 0 Å². The SMILES string of the molecule is COc1cccc([C@@H](C)NCC(=O)NCC2CC2)c1. The van der Waals surface area contributed by atoms with Crippen molar-refractivity contribution in [3.8, 4) is 5.75 Å². The molecule has 1 aliphatic carbocycles. The van der Waals surface area contributed by atoms with Crippen LogP contribution in [0, 0.1) is 5.92 Å². The normalized spacial score (nSPS) is 15.9. The van der Waals surface area contributed by atoms with Gasteiger partial charge in [-0.1, -0.05) is 12.1 Å². The van der Waals surface area contributed by atoms with Gasteiger partial charge in [0.15, 0.2) is 0 Å². The summed E-state index contributed by atoms with van der Waals surface area (Å²) in [6.07, 6.45) is 2.52. The molecule has 0 saturated heterocycles. The molecular weight excluding hydrogens is 240 g/mol. The van der Waals surface area contributed by atoms with Crippen LogP contribution in [0.4, 0.5) is 0 Å². The molecule has 0 radical (unpaired) electrons. The first-order valence-corrected chi connectivity index (χ1v) is 6.83. The molecule has 4 nitrogen and oxygen atoms in total. The summed E-state index contributed by atoms with van der Waals surface area (Å²) in [6, 6.07) is 8.02. The molecule has 1 atom stereocenters. The molecule has 1 aliphatic rings. The van der Waals surface area contributed by atoms with Crippen LogP contribution >= 0.6 is 0 Å². The van der Waals surface area contributed by atoms with E-state index in [1.807, 2.05) is 31.2 Å². The van der Waals surface area contributed by atoms with Crippen molar-refractivity contribution < 1.29 is 9.53 Å². The van der Waals surface area contributed by atoms with E-state index in [2.05, 4.69) is 10.6 Å². The Balaban J connectivity index is 1.75. The molecule has 0 bridgehead atoms. The van der Waals surface area contributed by atoms with Gasteiger partial charge in [-0.2, -0.15) is 0 Å². The summed E-state index contributed by atoms with van der Waals surface area (Å²) in [7, 11) is 1.66. The van der Waals surface area contributed by atoms with E-state index in [-0.39, 0.29) is 11.9 Å². The van der Waals surface area contributed by atoms with Crippen LogP contribution in [0.1, 0.15) is 31.4 Å². The van der Waals surface area contributed by atoms with Crippen molar-refractivity contribution in [1.82, 2.24) is 10.6 Å². The fourth-order valence-corrected chi connectivity index (χ4v) is 1.92. The largest absolute Gasteiger partial charge is 0.497 e. The van der Waals surface area contributed by atoms with Crippen molar-refractivity contribution in [3.63, 3.8) is 0 Å². The van der Waals surface area contributed by atoms with Gasteiger partial charge in [-0.05, 0) is 43.4 Å².